The van der Waals surface area contributed by atoms with Crippen LogP contribution in [0.2, 0.25) is 0 Å². The number of rotatable bonds is 4. The smallest absolute Gasteiger partial charge is 0.132 e. The van der Waals surface area contributed by atoms with Gasteiger partial charge in [0.05, 0.1) is 13.2 Å². The number of hydrogen-bond donors (Lipinski definition) is 0. The summed E-state index contributed by atoms with van der Waals surface area (Å²) < 4.78 is 5.49. The van der Waals surface area contributed by atoms with E-state index in [0.717, 1.165) is 38.7 Å². The third kappa shape index (κ3) is 3.26. The van der Waals surface area contributed by atoms with Gasteiger partial charge in [-0.15, -0.1) is 0 Å². The lowest BCUT2D eigenvalue weighted by Crippen LogP contribution is -2.48. The second-order valence-corrected chi connectivity index (χ2v) is 6.60. The second kappa shape index (κ2) is 6.94. The predicted molar refractivity (Wildman–Crippen MR) is 89.2 cm³/mol. The maximum atomic E-state index is 5.49. The zero-order chi connectivity index (χ0) is 15.5. The molecule has 3 rings (SSSR count). The summed E-state index contributed by atoms with van der Waals surface area (Å²) in [5.41, 5.74) is 1.32. The van der Waals surface area contributed by atoms with Crippen molar-refractivity contribution in [3.8, 4) is 0 Å². The molecular formula is C17H28N4O. The monoisotopic (exact) mass is 304 g/mol. The Kier molecular flexibility index (Phi) is 4.96. The number of pyridine rings is 1. The minimum Gasteiger partial charge on any atom is -0.379 e. The zero-order valence-electron chi connectivity index (χ0n) is 14.0. The van der Waals surface area contributed by atoms with E-state index in [-0.39, 0.29) is 0 Å². The number of nitrogens with zero attached hydrogens (tertiary/aromatic N) is 4. The van der Waals surface area contributed by atoms with Gasteiger partial charge in [0.2, 0.25) is 0 Å². The standard InChI is InChI=1S/C17H28N4O/c1-14-16(20-9-11-22-12-10-20)6-8-21(14)13-15-5-4-7-18-17(15)19(2)3/h4-5,7,14,16H,6,8-13H2,1-3H3/t14-,16-/m1/s1. The van der Waals surface area contributed by atoms with Gasteiger partial charge in [-0.2, -0.15) is 0 Å². The van der Waals surface area contributed by atoms with Crippen molar-refractivity contribution in [1.82, 2.24) is 14.8 Å². The normalized spacial score (nSPS) is 27.2. The van der Waals surface area contributed by atoms with E-state index in [1.54, 1.807) is 0 Å². The van der Waals surface area contributed by atoms with Gasteiger partial charge in [-0.05, 0) is 19.4 Å². The van der Waals surface area contributed by atoms with E-state index >= 15 is 0 Å². The molecule has 1 aromatic rings. The number of anilines is 1. The van der Waals surface area contributed by atoms with E-state index in [1.165, 1.54) is 18.5 Å². The maximum Gasteiger partial charge on any atom is 0.132 e. The van der Waals surface area contributed by atoms with Crippen LogP contribution in [-0.4, -0.2) is 73.8 Å². The van der Waals surface area contributed by atoms with Crippen LogP contribution in [0.15, 0.2) is 18.3 Å². The summed E-state index contributed by atoms with van der Waals surface area (Å²) in [5, 5.41) is 0. The molecule has 1 aromatic heterocycles. The molecule has 2 aliphatic rings. The van der Waals surface area contributed by atoms with Crippen molar-refractivity contribution < 1.29 is 4.74 Å². The van der Waals surface area contributed by atoms with Gasteiger partial charge in [-0.1, -0.05) is 6.07 Å². The molecule has 0 amide bonds. The average molecular weight is 304 g/mol. The summed E-state index contributed by atoms with van der Waals surface area (Å²) in [5.74, 6) is 1.09. The van der Waals surface area contributed by atoms with E-state index in [9.17, 15) is 0 Å². The Morgan fingerprint density at radius 1 is 1.27 bits per heavy atom. The zero-order valence-corrected chi connectivity index (χ0v) is 14.0. The highest BCUT2D eigenvalue weighted by Gasteiger charge is 2.35. The first kappa shape index (κ1) is 15.7. The number of likely N-dealkylation sites (tertiary alicyclic amines) is 1. The van der Waals surface area contributed by atoms with E-state index in [1.807, 2.05) is 12.3 Å². The molecule has 0 aliphatic carbocycles. The van der Waals surface area contributed by atoms with Crippen LogP contribution in [0.3, 0.4) is 0 Å². The van der Waals surface area contributed by atoms with Gasteiger partial charge in [-0.3, -0.25) is 9.80 Å². The van der Waals surface area contributed by atoms with E-state index in [4.69, 9.17) is 4.74 Å². The van der Waals surface area contributed by atoms with Gasteiger partial charge in [0.15, 0.2) is 0 Å². The molecule has 122 valence electrons. The minimum absolute atomic E-state index is 0.591. The molecule has 0 N–H and O–H groups in total. The molecule has 22 heavy (non-hydrogen) atoms. The Hall–Kier alpha value is -1.17. The van der Waals surface area contributed by atoms with Crippen LogP contribution in [0.4, 0.5) is 5.82 Å². The van der Waals surface area contributed by atoms with Crippen molar-refractivity contribution in [3.63, 3.8) is 0 Å². The Morgan fingerprint density at radius 2 is 2.05 bits per heavy atom. The Labute approximate surface area is 133 Å². The van der Waals surface area contributed by atoms with Gasteiger partial charge in [0, 0.05) is 64.1 Å². The number of hydrogen-bond acceptors (Lipinski definition) is 5. The van der Waals surface area contributed by atoms with Gasteiger partial charge in [-0.25, -0.2) is 4.98 Å². The van der Waals surface area contributed by atoms with Crippen LogP contribution >= 0.6 is 0 Å². The van der Waals surface area contributed by atoms with Crippen LogP contribution in [0.5, 0.6) is 0 Å². The molecule has 2 aliphatic heterocycles. The molecule has 2 saturated heterocycles. The lowest BCUT2D eigenvalue weighted by Gasteiger charge is -2.36. The first-order valence-electron chi connectivity index (χ1n) is 8.34. The lowest BCUT2D eigenvalue weighted by molar-refractivity contribution is 0.00984. The van der Waals surface area contributed by atoms with Crippen LogP contribution in [0.25, 0.3) is 0 Å². The van der Waals surface area contributed by atoms with Crippen LogP contribution < -0.4 is 4.90 Å². The largest absolute Gasteiger partial charge is 0.379 e. The van der Waals surface area contributed by atoms with Crippen LogP contribution in [-0.2, 0) is 11.3 Å². The average Bonchev–Trinajstić information content (AvgIpc) is 2.89. The fourth-order valence-corrected chi connectivity index (χ4v) is 3.78. The second-order valence-electron chi connectivity index (χ2n) is 6.60. The molecule has 0 bridgehead atoms. The molecule has 0 spiro atoms. The van der Waals surface area contributed by atoms with Crippen molar-refractivity contribution >= 4 is 5.82 Å². The molecule has 5 nitrogen and oxygen atoms in total. The molecule has 2 fully saturated rings. The van der Waals surface area contributed by atoms with E-state index in [0.29, 0.717) is 12.1 Å². The molecule has 0 radical (unpaired) electrons. The third-order valence-corrected chi connectivity index (χ3v) is 5.02. The fraction of sp³-hybridized carbons (Fsp3) is 0.706. The minimum atomic E-state index is 0.591. The molecule has 3 heterocycles. The van der Waals surface area contributed by atoms with Gasteiger partial charge in [0.25, 0.3) is 0 Å². The molecule has 5 heteroatoms. The SMILES string of the molecule is C[C@@H]1[C@H](N2CCOCC2)CCN1Cc1cccnc1N(C)C. The van der Waals surface area contributed by atoms with Crippen LogP contribution in [0, 0.1) is 0 Å². The van der Waals surface area contributed by atoms with E-state index in [2.05, 4.69) is 46.8 Å². The fourth-order valence-electron chi connectivity index (χ4n) is 3.78. The van der Waals surface area contributed by atoms with Crippen molar-refractivity contribution in [3.05, 3.63) is 23.9 Å². The summed E-state index contributed by atoms with van der Waals surface area (Å²) in [6.45, 7) is 8.47. The van der Waals surface area contributed by atoms with Gasteiger partial charge in [0.1, 0.15) is 5.82 Å². The first-order chi connectivity index (χ1) is 10.7. The highest BCUT2D eigenvalue weighted by atomic mass is 16.5. The Bertz CT molecular complexity index is 487. The topological polar surface area (TPSA) is 31.8 Å². The first-order valence-corrected chi connectivity index (χ1v) is 8.34. The predicted octanol–water partition coefficient (Wildman–Crippen LogP) is 1.44. The third-order valence-electron chi connectivity index (χ3n) is 5.02. The van der Waals surface area contributed by atoms with Crippen molar-refractivity contribution in [2.45, 2.75) is 32.0 Å². The quantitative estimate of drug-likeness (QED) is 0.840. The lowest BCUT2D eigenvalue weighted by atomic mass is 10.1. The van der Waals surface area contributed by atoms with Crippen LogP contribution in [0.1, 0.15) is 18.9 Å². The number of morpholine rings is 1. The van der Waals surface area contributed by atoms with Gasteiger partial charge < -0.3 is 9.64 Å². The molecule has 2 atom stereocenters. The van der Waals surface area contributed by atoms with Crippen molar-refractivity contribution in [1.29, 1.82) is 0 Å². The maximum absolute atomic E-state index is 5.49. The van der Waals surface area contributed by atoms with Crippen molar-refractivity contribution in [2.75, 3.05) is 51.8 Å². The Morgan fingerprint density at radius 3 is 2.77 bits per heavy atom. The highest BCUT2D eigenvalue weighted by molar-refractivity contribution is 5.45. The molecule has 0 unspecified atom stereocenters. The highest BCUT2D eigenvalue weighted by Crippen LogP contribution is 2.27. The molecular weight excluding hydrogens is 276 g/mol. The van der Waals surface area contributed by atoms with E-state index < -0.39 is 0 Å². The summed E-state index contributed by atoms with van der Waals surface area (Å²) in [7, 11) is 4.13. The molecule has 0 aromatic carbocycles. The summed E-state index contributed by atoms with van der Waals surface area (Å²) in [6, 6.07) is 5.51. The molecule has 0 saturated carbocycles. The summed E-state index contributed by atoms with van der Waals surface area (Å²) in [4.78, 5) is 11.8. The number of aromatic nitrogens is 1. The Balaban J connectivity index is 1.67. The van der Waals surface area contributed by atoms with Gasteiger partial charge >= 0.3 is 0 Å². The van der Waals surface area contributed by atoms with Crippen molar-refractivity contribution in [2.24, 2.45) is 0 Å². The summed E-state index contributed by atoms with van der Waals surface area (Å²) >= 11 is 0. The summed E-state index contributed by atoms with van der Waals surface area (Å²) in [6.07, 6.45) is 3.14. The number of ether oxygens (including phenoxy) is 1.